The summed E-state index contributed by atoms with van der Waals surface area (Å²) >= 11 is 0. The lowest BCUT2D eigenvalue weighted by Crippen LogP contribution is -2.49. The number of hydrogen-bond donors (Lipinski definition) is 2. The first-order valence-corrected chi connectivity index (χ1v) is 6.36. The van der Waals surface area contributed by atoms with Gasteiger partial charge in [0.1, 0.15) is 0 Å². The van der Waals surface area contributed by atoms with E-state index < -0.39 is 0 Å². The molecule has 1 saturated heterocycles. The first-order chi connectivity index (χ1) is 7.77. The maximum atomic E-state index is 11.7. The van der Waals surface area contributed by atoms with E-state index in [0.29, 0.717) is 12.6 Å². The second-order valence-electron chi connectivity index (χ2n) is 6.14. The molecular weight excluding hydrogens is 216 g/mol. The fourth-order valence-corrected chi connectivity index (χ4v) is 2.22. The van der Waals surface area contributed by atoms with E-state index in [1.54, 1.807) is 7.05 Å². The van der Waals surface area contributed by atoms with Crippen molar-refractivity contribution < 1.29 is 9.53 Å². The summed E-state index contributed by atoms with van der Waals surface area (Å²) in [4.78, 5) is 11.7. The van der Waals surface area contributed by atoms with Crippen LogP contribution in [0.5, 0.6) is 0 Å². The molecule has 100 valence electrons. The topological polar surface area (TPSA) is 50.4 Å². The standard InChI is InChI=1S/C13H26N2O2/c1-12(2,11(16)14-5)9-15-10-6-7-17-13(3,4)8-10/h10,15H,6-9H2,1-5H3,(H,14,16). The molecule has 17 heavy (non-hydrogen) atoms. The fraction of sp³-hybridized carbons (Fsp3) is 0.923. The first kappa shape index (κ1) is 14.5. The van der Waals surface area contributed by atoms with E-state index in [2.05, 4.69) is 24.5 Å². The number of carbonyl (C=O) groups excluding carboxylic acids is 1. The lowest BCUT2D eigenvalue weighted by Gasteiger charge is -2.37. The number of nitrogens with one attached hydrogen (secondary N) is 2. The van der Waals surface area contributed by atoms with Crippen LogP contribution in [0.25, 0.3) is 0 Å². The Balaban J connectivity index is 2.43. The second kappa shape index (κ2) is 5.36. The molecule has 0 saturated carbocycles. The molecular formula is C13H26N2O2. The maximum Gasteiger partial charge on any atom is 0.226 e. The molecule has 0 aliphatic carbocycles. The summed E-state index contributed by atoms with van der Waals surface area (Å²) in [7, 11) is 1.68. The highest BCUT2D eigenvalue weighted by molar-refractivity contribution is 5.81. The zero-order chi connectivity index (χ0) is 13.1. The molecule has 1 heterocycles. The minimum absolute atomic E-state index is 0.0485. The average molecular weight is 242 g/mol. The van der Waals surface area contributed by atoms with Gasteiger partial charge in [-0.25, -0.2) is 0 Å². The molecule has 0 aromatic rings. The van der Waals surface area contributed by atoms with Crippen molar-refractivity contribution in [2.24, 2.45) is 5.41 Å². The largest absolute Gasteiger partial charge is 0.375 e. The van der Waals surface area contributed by atoms with Gasteiger partial charge in [-0.2, -0.15) is 0 Å². The Kier molecular flexibility index (Phi) is 4.55. The van der Waals surface area contributed by atoms with Crippen LogP contribution in [0.15, 0.2) is 0 Å². The van der Waals surface area contributed by atoms with Crippen LogP contribution in [0.2, 0.25) is 0 Å². The molecule has 1 aliphatic heterocycles. The molecule has 1 rings (SSSR count). The van der Waals surface area contributed by atoms with Gasteiger partial charge < -0.3 is 15.4 Å². The van der Waals surface area contributed by atoms with Crippen LogP contribution in [0, 0.1) is 5.41 Å². The van der Waals surface area contributed by atoms with E-state index in [-0.39, 0.29) is 16.9 Å². The van der Waals surface area contributed by atoms with Crippen molar-refractivity contribution in [2.45, 2.75) is 52.2 Å². The van der Waals surface area contributed by atoms with Crippen LogP contribution in [0.3, 0.4) is 0 Å². The Morgan fingerprint density at radius 2 is 2.12 bits per heavy atom. The van der Waals surface area contributed by atoms with Crippen molar-refractivity contribution in [3.05, 3.63) is 0 Å². The van der Waals surface area contributed by atoms with Crippen molar-refractivity contribution in [3.8, 4) is 0 Å². The van der Waals surface area contributed by atoms with Crippen LogP contribution < -0.4 is 10.6 Å². The van der Waals surface area contributed by atoms with E-state index in [1.165, 1.54) is 0 Å². The molecule has 0 aromatic heterocycles. The monoisotopic (exact) mass is 242 g/mol. The van der Waals surface area contributed by atoms with E-state index >= 15 is 0 Å². The SMILES string of the molecule is CNC(=O)C(C)(C)CNC1CCOC(C)(C)C1. The average Bonchev–Trinajstić information content (AvgIpc) is 2.24. The van der Waals surface area contributed by atoms with E-state index in [1.807, 2.05) is 13.8 Å². The van der Waals surface area contributed by atoms with Crippen LogP contribution in [-0.2, 0) is 9.53 Å². The molecule has 1 amide bonds. The van der Waals surface area contributed by atoms with Crippen LogP contribution >= 0.6 is 0 Å². The Morgan fingerprint density at radius 1 is 1.47 bits per heavy atom. The fourth-order valence-electron chi connectivity index (χ4n) is 2.22. The normalized spacial score (nSPS) is 24.4. The van der Waals surface area contributed by atoms with Gasteiger partial charge in [0.25, 0.3) is 0 Å². The van der Waals surface area contributed by atoms with Gasteiger partial charge in [-0.15, -0.1) is 0 Å². The predicted octanol–water partition coefficient (Wildman–Crippen LogP) is 1.31. The van der Waals surface area contributed by atoms with E-state index in [4.69, 9.17) is 4.74 Å². The van der Waals surface area contributed by atoms with Crippen LogP contribution in [-0.4, -0.2) is 37.7 Å². The molecule has 1 aliphatic rings. The first-order valence-electron chi connectivity index (χ1n) is 6.36. The maximum absolute atomic E-state index is 11.7. The third-order valence-electron chi connectivity index (χ3n) is 3.37. The minimum Gasteiger partial charge on any atom is -0.375 e. The van der Waals surface area contributed by atoms with E-state index in [9.17, 15) is 4.79 Å². The molecule has 4 heteroatoms. The highest BCUT2D eigenvalue weighted by Gasteiger charge is 2.31. The van der Waals surface area contributed by atoms with Crippen molar-refractivity contribution in [1.29, 1.82) is 0 Å². The van der Waals surface area contributed by atoms with Gasteiger partial charge in [-0.3, -0.25) is 4.79 Å². The van der Waals surface area contributed by atoms with Crippen molar-refractivity contribution in [1.82, 2.24) is 10.6 Å². The van der Waals surface area contributed by atoms with Crippen molar-refractivity contribution >= 4 is 5.91 Å². The summed E-state index contributed by atoms with van der Waals surface area (Å²) in [5.41, 5.74) is -0.412. The third kappa shape index (κ3) is 4.28. The Morgan fingerprint density at radius 3 is 2.65 bits per heavy atom. The van der Waals surface area contributed by atoms with Gasteiger partial charge >= 0.3 is 0 Å². The molecule has 0 radical (unpaired) electrons. The van der Waals surface area contributed by atoms with Gasteiger partial charge in [0.15, 0.2) is 0 Å². The summed E-state index contributed by atoms with van der Waals surface area (Å²) in [6.45, 7) is 9.65. The zero-order valence-corrected chi connectivity index (χ0v) is 11.7. The smallest absolute Gasteiger partial charge is 0.226 e. The molecule has 1 fully saturated rings. The van der Waals surface area contributed by atoms with Gasteiger partial charge in [0.05, 0.1) is 11.0 Å². The zero-order valence-electron chi connectivity index (χ0n) is 11.7. The number of amides is 1. The minimum atomic E-state index is -0.364. The number of rotatable bonds is 4. The number of carbonyl (C=O) groups is 1. The summed E-state index contributed by atoms with van der Waals surface area (Å²) in [6, 6.07) is 0.447. The lowest BCUT2D eigenvalue weighted by atomic mass is 9.89. The highest BCUT2D eigenvalue weighted by atomic mass is 16.5. The molecule has 0 spiro atoms. The summed E-state index contributed by atoms with van der Waals surface area (Å²) < 4.78 is 5.68. The van der Waals surface area contributed by atoms with Gasteiger partial charge in [0.2, 0.25) is 5.91 Å². The number of hydrogen-bond acceptors (Lipinski definition) is 3. The highest BCUT2D eigenvalue weighted by Crippen LogP contribution is 2.24. The molecule has 4 nitrogen and oxygen atoms in total. The Bertz CT molecular complexity index is 275. The van der Waals surface area contributed by atoms with Gasteiger partial charge in [0, 0.05) is 26.2 Å². The molecule has 0 aromatic carbocycles. The second-order valence-corrected chi connectivity index (χ2v) is 6.14. The Labute approximate surface area is 104 Å². The predicted molar refractivity (Wildman–Crippen MR) is 68.9 cm³/mol. The Hall–Kier alpha value is -0.610. The van der Waals surface area contributed by atoms with E-state index in [0.717, 1.165) is 19.4 Å². The van der Waals surface area contributed by atoms with Crippen molar-refractivity contribution in [3.63, 3.8) is 0 Å². The van der Waals surface area contributed by atoms with Crippen LogP contribution in [0.1, 0.15) is 40.5 Å². The van der Waals surface area contributed by atoms with Crippen molar-refractivity contribution in [2.75, 3.05) is 20.2 Å². The quantitative estimate of drug-likeness (QED) is 0.781. The van der Waals surface area contributed by atoms with Gasteiger partial charge in [-0.05, 0) is 40.5 Å². The molecule has 0 bridgehead atoms. The third-order valence-corrected chi connectivity index (χ3v) is 3.37. The van der Waals surface area contributed by atoms with Crippen LogP contribution in [0.4, 0.5) is 0 Å². The summed E-state index contributed by atoms with van der Waals surface area (Å²) in [6.07, 6.45) is 2.02. The molecule has 1 atom stereocenters. The molecule has 1 unspecified atom stereocenters. The molecule has 2 N–H and O–H groups in total. The lowest BCUT2D eigenvalue weighted by molar-refractivity contribution is -0.128. The van der Waals surface area contributed by atoms with Gasteiger partial charge in [-0.1, -0.05) is 0 Å². The number of ether oxygens (including phenoxy) is 1. The summed E-state index contributed by atoms with van der Waals surface area (Å²) in [5.74, 6) is 0.0799. The summed E-state index contributed by atoms with van der Waals surface area (Å²) in [5, 5.41) is 6.20.